The molecule has 0 atom stereocenters. The highest BCUT2D eigenvalue weighted by molar-refractivity contribution is 5.78. The third-order valence-corrected chi connectivity index (χ3v) is 3.64. The number of amides is 4. The Kier molecular flexibility index (Phi) is 10.8. The molecule has 3 aliphatic rings. The van der Waals surface area contributed by atoms with E-state index >= 15 is 0 Å². The summed E-state index contributed by atoms with van der Waals surface area (Å²) in [5.74, 6) is 0.495. The Morgan fingerprint density at radius 3 is 1.48 bits per heavy atom. The van der Waals surface area contributed by atoms with Gasteiger partial charge in [-0.2, -0.15) is 0 Å². The van der Waals surface area contributed by atoms with Gasteiger partial charge in [0.2, 0.25) is 11.8 Å². The van der Waals surface area contributed by atoms with Crippen LogP contribution in [0, 0.1) is 0 Å². The van der Waals surface area contributed by atoms with Gasteiger partial charge in [0, 0.05) is 60.2 Å². The number of nitrogens with zero attached hydrogens (tertiary/aromatic N) is 3. The van der Waals surface area contributed by atoms with E-state index in [0.717, 1.165) is 51.9 Å². The smallest absolute Gasteiger partial charge is 0.319 e. The summed E-state index contributed by atoms with van der Waals surface area (Å²) >= 11 is 0. The number of hydrogen-bond donors (Lipinski definition) is 1. The second-order valence-electron chi connectivity index (χ2n) is 5.50. The molecule has 0 radical (unpaired) electrons. The molecule has 7 heteroatoms. The van der Waals surface area contributed by atoms with Crippen LogP contribution in [0.15, 0.2) is 0 Å². The van der Waals surface area contributed by atoms with Crippen LogP contribution in [0.3, 0.4) is 0 Å². The SMILES string of the molecule is CC.CN1CCCC1=O.CN1CCN(C)C1=O.O=C1CCCN1. The molecule has 3 fully saturated rings. The summed E-state index contributed by atoms with van der Waals surface area (Å²) in [5.41, 5.74) is 0. The van der Waals surface area contributed by atoms with Crippen molar-refractivity contribution < 1.29 is 14.4 Å². The van der Waals surface area contributed by atoms with Crippen LogP contribution in [0.5, 0.6) is 0 Å². The van der Waals surface area contributed by atoms with Crippen molar-refractivity contribution in [1.29, 1.82) is 0 Å². The Balaban J connectivity index is 0.000000302. The number of likely N-dealkylation sites (tertiary alicyclic amines) is 1. The first-order chi connectivity index (χ1) is 10.9. The average molecular weight is 328 g/mol. The second-order valence-corrected chi connectivity index (χ2v) is 5.50. The quantitative estimate of drug-likeness (QED) is 0.725. The van der Waals surface area contributed by atoms with E-state index in [1.807, 2.05) is 35.0 Å². The van der Waals surface area contributed by atoms with Crippen LogP contribution in [0.25, 0.3) is 0 Å². The van der Waals surface area contributed by atoms with Crippen LogP contribution in [-0.4, -0.2) is 79.9 Å². The summed E-state index contributed by atoms with van der Waals surface area (Å²) in [7, 11) is 5.47. The summed E-state index contributed by atoms with van der Waals surface area (Å²) < 4.78 is 0. The Hall–Kier alpha value is -1.79. The normalized spacial score (nSPS) is 19.3. The topological polar surface area (TPSA) is 73.0 Å². The van der Waals surface area contributed by atoms with Gasteiger partial charge in [0.25, 0.3) is 0 Å². The minimum atomic E-state index is 0.130. The van der Waals surface area contributed by atoms with Gasteiger partial charge < -0.3 is 20.0 Å². The van der Waals surface area contributed by atoms with Crippen molar-refractivity contribution in [2.75, 3.05) is 47.3 Å². The maximum atomic E-state index is 10.8. The van der Waals surface area contributed by atoms with E-state index in [4.69, 9.17) is 0 Å². The molecule has 0 aliphatic carbocycles. The van der Waals surface area contributed by atoms with E-state index < -0.39 is 0 Å². The van der Waals surface area contributed by atoms with Crippen molar-refractivity contribution in [3.05, 3.63) is 0 Å². The first kappa shape index (κ1) is 21.2. The van der Waals surface area contributed by atoms with Gasteiger partial charge >= 0.3 is 6.03 Å². The van der Waals surface area contributed by atoms with Crippen LogP contribution in [0.2, 0.25) is 0 Å². The molecule has 23 heavy (non-hydrogen) atoms. The van der Waals surface area contributed by atoms with Gasteiger partial charge in [0.05, 0.1) is 0 Å². The third kappa shape index (κ3) is 8.42. The zero-order valence-corrected chi connectivity index (χ0v) is 15.2. The van der Waals surface area contributed by atoms with Crippen LogP contribution < -0.4 is 5.32 Å². The first-order valence-electron chi connectivity index (χ1n) is 8.38. The largest absolute Gasteiger partial charge is 0.356 e. The Bertz CT molecular complexity index is 368. The summed E-state index contributed by atoms with van der Waals surface area (Å²) in [4.78, 5) is 36.6. The van der Waals surface area contributed by atoms with E-state index in [9.17, 15) is 14.4 Å². The molecule has 0 saturated carbocycles. The van der Waals surface area contributed by atoms with Crippen molar-refractivity contribution in [2.24, 2.45) is 0 Å². The molecule has 7 nitrogen and oxygen atoms in total. The first-order valence-corrected chi connectivity index (χ1v) is 8.38. The Morgan fingerprint density at radius 2 is 1.35 bits per heavy atom. The zero-order chi connectivity index (χ0) is 17.8. The van der Waals surface area contributed by atoms with Crippen LogP contribution in [-0.2, 0) is 9.59 Å². The second kappa shape index (κ2) is 11.7. The van der Waals surface area contributed by atoms with E-state index in [0.29, 0.717) is 5.91 Å². The highest BCUT2D eigenvalue weighted by atomic mass is 16.2. The molecule has 3 rings (SSSR count). The molecule has 3 saturated heterocycles. The molecule has 0 aromatic carbocycles. The van der Waals surface area contributed by atoms with Crippen molar-refractivity contribution >= 4 is 17.8 Å². The zero-order valence-electron chi connectivity index (χ0n) is 15.2. The van der Waals surface area contributed by atoms with Gasteiger partial charge in [0.15, 0.2) is 0 Å². The van der Waals surface area contributed by atoms with Gasteiger partial charge in [-0.3, -0.25) is 9.59 Å². The lowest BCUT2D eigenvalue weighted by molar-refractivity contribution is -0.126. The molecular weight excluding hydrogens is 296 g/mol. The molecule has 0 bridgehead atoms. The molecule has 0 spiro atoms. The Morgan fingerprint density at radius 1 is 0.783 bits per heavy atom. The minimum Gasteiger partial charge on any atom is -0.356 e. The number of rotatable bonds is 0. The third-order valence-electron chi connectivity index (χ3n) is 3.64. The van der Waals surface area contributed by atoms with Crippen molar-refractivity contribution in [3.8, 4) is 0 Å². The fourth-order valence-corrected chi connectivity index (χ4v) is 2.13. The standard InChI is InChI=1S/C5H10N2O.C5H9NO.C4H7NO.C2H6/c1-6-3-4-7(2)5(6)8;1-6-4-2-3-5(6)7;6-4-2-1-3-5-4;1-2/h3-4H2,1-2H3;2-4H2,1H3;1-3H2,(H,5,6);1-2H3. The van der Waals surface area contributed by atoms with Crippen molar-refractivity contribution in [1.82, 2.24) is 20.0 Å². The van der Waals surface area contributed by atoms with Crippen LogP contribution in [0.4, 0.5) is 4.79 Å². The lowest BCUT2D eigenvalue weighted by Gasteiger charge is -2.07. The summed E-state index contributed by atoms with van der Waals surface area (Å²) in [6.07, 6.45) is 3.57. The Labute approximate surface area is 140 Å². The number of urea groups is 1. The maximum absolute atomic E-state index is 10.8. The lowest BCUT2D eigenvalue weighted by Crippen LogP contribution is -2.25. The van der Waals surface area contributed by atoms with Crippen molar-refractivity contribution in [2.45, 2.75) is 39.5 Å². The molecular formula is C16H32N4O3. The van der Waals surface area contributed by atoms with E-state index in [1.54, 1.807) is 14.7 Å². The summed E-state index contributed by atoms with van der Waals surface area (Å²) in [6.45, 7) is 7.59. The van der Waals surface area contributed by atoms with Gasteiger partial charge in [0.1, 0.15) is 0 Å². The fourth-order valence-electron chi connectivity index (χ4n) is 2.13. The van der Waals surface area contributed by atoms with Gasteiger partial charge in [-0.15, -0.1) is 0 Å². The molecule has 1 N–H and O–H groups in total. The molecule has 0 aromatic rings. The lowest BCUT2D eigenvalue weighted by atomic mass is 10.4. The molecule has 0 unspecified atom stereocenters. The highest BCUT2D eigenvalue weighted by Gasteiger charge is 2.20. The van der Waals surface area contributed by atoms with Crippen LogP contribution >= 0.6 is 0 Å². The summed E-state index contributed by atoms with van der Waals surface area (Å²) in [6, 6.07) is 0.130. The fraction of sp³-hybridized carbons (Fsp3) is 0.812. The molecule has 3 aliphatic heterocycles. The number of hydrogen-bond acceptors (Lipinski definition) is 3. The number of likely N-dealkylation sites (N-methyl/N-ethyl adjacent to an activating group) is 2. The number of nitrogens with one attached hydrogen (secondary N) is 1. The predicted molar refractivity (Wildman–Crippen MR) is 91.1 cm³/mol. The molecule has 0 aromatic heterocycles. The van der Waals surface area contributed by atoms with Gasteiger partial charge in [-0.25, -0.2) is 4.79 Å². The minimum absolute atomic E-state index is 0.130. The molecule has 4 amide bonds. The number of carbonyl (C=O) groups excluding carboxylic acids is 3. The van der Waals surface area contributed by atoms with E-state index in [-0.39, 0.29) is 11.9 Å². The predicted octanol–water partition coefficient (Wildman–Crippen LogP) is 1.14. The highest BCUT2D eigenvalue weighted by Crippen LogP contribution is 2.04. The van der Waals surface area contributed by atoms with Gasteiger partial charge in [-0.1, -0.05) is 13.8 Å². The maximum Gasteiger partial charge on any atom is 0.319 e. The van der Waals surface area contributed by atoms with Crippen LogP contribution in [0.1, 0.15) is 39.5 Å². The molecule has 3 heterocycles. The van der Waals surface area contributed by atoms with Crippen molar-refractivity contribution in [3.63, 3.8) is 0 Å². The number of carbonyl (C=O) groups is 3. The van der Waals surface area contributed by atoms with E-state index in [1.165, 1.54) is 0 Å². The summed E-state index contributed by atoms with van der Waals surface area (Å²) in [5, 5.41) is 2.68. The van der Waals surface area contributed by atoms with E-state index in [2.05, 4.69) is 5.32 Å². The monoisotopic (exact) mass is 328 g/mol. The van der Waals surface area contributed by atoms with Gasteiger partial charge in [-0.05, 0) is 12.8 Å². The molecule has 134 valence electrons. The average Bonchev–Trinajstić information content (AvgIpc) is 3.25.